The molecule has 36 heavy (non-hydrogen) atoms. The van der Waals surface area contributed by atoms with Crippen LogP contribution >= 0.6 is 0 Å². The highest BCUT2D eigenvalue weighted by molar-refractivity contribution is 5.95. The van der Waals surface area contributed by atoms with Gasteiger partial charge < -0.3 is 41.2 Å². The number of amides is 3. The lowest BCUT2D eigenvalue weighted by Gasteiger charge is -2.41. The Morgan fingerprint density at radius 2 is 1.56 bits per heavy atom. The molecule has 194 valence electrons. The fraction of sp³-hybridized carbons (Fsp3) is 0.400. The first-order chi connectivity index (χ1) is 17.1. The Bertz CT molecular complexity index is 1080. The van der Waals surface area contributed by atoms with Crippen molar-refractivity contribution in [1.82, 2.24) is 10.6 Å². The number of nitrogens with one attached hydrogen (secondary N) is 2. The van der Waals surface area contributed by atoms with E-state index >= 15 is 0 Å². The van der Waals surface area contributed by atoms with Gasteiger partial charge in [-0.15, -0.1) is 0 Å². The zero-order valence-corrected chi connectivity index (χ0v) is 20.0. The molecule has 2 aromatic carbocycles. The zero-order valence-electron chi connectivity index (χ0n) is 20.0. The molecule has 11 heteroatoms. The van der Waals surface area contributed by atoms with Crippen molar-refractivity contribution < 1.29 is 39.2 Å². The van der Waals surface area contributed by atoms with Crippen LogP contribution in [0.2, 0.25) is 0 Å². The van der Waals surface area contributed by atoms with E-state index in [1.165, 1.54) is 26.4 Å². The van der Waals surface area contributed by atoms with Gasteiger partial charge in [-0.3, -0.25) is 14.4 Å². The molecule has 11 nitrogen and oxygen atoms in total. The first-order valence-corrected chi connectivity index (χ1v) is 11.3. The van der Waals surface area contributed by atoms with Gasteiger partial charge in [-0.05, 0) is 42.0 Å². The minimum absolute atomic E-state index is 0.0595. The highest BCUT2D eigenvalue weighted by Gasteiger charge is 2.49. The number of rotatable bonds is 9. The summed E-state index contributed by atoms with van der Waals surface area (Å²) in [6.07, 6.45) is -3.77. The van der Waals surface area contributed by atoms with E-state index in [4.69, 9.17) is 15.2 Å². The van der Waals surface area contributed by atoms with Crippen molar-refractivity contribution in [2.75, 3.05) is 14.2 Å². The van der Waals surface area contributed by atoms with Gasteiger partial charge in [0.15, 0.2) is 0 Å². The van der Waals surface area contributed by atoms with Crippen LogP contribution in [-0.4, -0.2) is 77.2 Å². The van der Waals surface area contributed by atoms with Gasteiger partial charge in [-0.2, -0.15) is 0 Å². The van der Waals surface area contributed by atoms with Crippen molar-refractivity contribution in [2.45, 2.75) is 49.2 Å². The fourth-order valence-corrected chi connectivity index (χ4v) is 4.13. The van der Waals surface area contributed by atoms with Gasteiger partial charge in [0.1, 0.15) is 29.2 Å². The third kappa shape index (κ3) is 6.30. The third-order valence-corrected chi connectivity index (χ3v) is 6.25. The quantitative estimate of drug-likeness (QED) is 0.260. The van der Waals surface area contributed by atoms with Gasteiger partial charge in [0.25, 0.3) is 11.8 Å². The zero-order chi connectivity index (χ0) is 26.5. The second-order valence-electron chi connectivity index (χ2n) is 8.79. The average molecular weight is 502 g/mol. The van der Waals surface area contributed by atoms with Crippen LogP contribution in [0, 0.1) is 0 Å². The van der Waals surface area contributed by atoms with Gasteiger partial charge in [0, 0.05) is 24.8 Å². The standard InChI is InChI=1S/C25H31N3O8/c1-35-16-7-3-14(4-8-16)11-18(22(26)31)28-24(33)25(34)12-19(21(30)20(29)13-25)27-23(32)15-5-9-17(36-2)10-6-15/h3-10,18-21,29-30,34H,11-13H2,1-2H3,(H2,26,31)(H,27,32)(H,28,33)/t18-,19-,20+,21+,25-/m0/s1. The molecule has 0 radical (unpaired) electrons. The molecule has 0 bridgehead atoms. The van der Waals surface area contributed by atoms with Gasteiger partial charge in [-0.25, -0.2) is 0 Å². The highest BCUT2D eigenvalue weighted by Crippen LogP contribution is 2.30. The van der Waals surface area contributed by atoms with E-state index in [2.05, 4.69) is 10.6 Å². The first-order valence-electron chi connectivity index (χ1n) is 11.3. The van der Waals surface area contributed by atoms with Crippen molar-refractivity contribution in [3.8, 4) is 11.5 Å². The summed E-state index contributed by atoms with van der Waals surface area (Å²) < 4.78 is 10.2. The minimum atomic E-state index is -2.18. The van der Waals surface area contributed by atoms with E-state index in [9.17, 15) is 29.7 Å². The fourth-order valence-electron chi connectivity index (χ4n) is 4.13. The topological polar surface area (TPSA) is 180 Å². The predicted octanol–water partition coefficient (Wildman–Crippen LogP) is -0.738. The van der Waals surface area contributed by atoms with E-state index < -0.39 is 60.5 Å². The minimum Gasteiger partial charge on any atom is -0.497 e. The van der Waals surface area contributed by atoms with Crippen LogP contribution in [0.4, 0.5) is 0 Å². The Balaban J connectivity index is 1.71. The largest absolute Gasteiger partial charge is 0.497 e. The summed E-state index contributed by atoms with van der Waals surface area (Å²) >= 11 is 0. The number of nitrogens with two attached hydrogens (primary N) is 1. The molecular formula is C25H31N3O8. The molecule has 0 heterocycles. The lowest BCUT2D eigenvalue weighted by molar-refractivity contribution is -0.159. The molecule has 7 N–H and O–H groups in total. The first kappa shape index (κ1) is 26.9. The molecule has 3 amide bonds. The van der Waals surface area contributed by atoms with Gasteiger partial charge in [0.05, 0.1) is 26.4 Å². The normalized spacial score (nSPS) is 24.3. The Morgan fingerprint density at radius 1 is 1.00 bits per heavy atom. The Labute approximate surface area is 208 Å². The maximum atomic E-state index is 13.0. The summed E-state index contributed by atoms with van der Waals surface area (Å²) in [6, 6.07) is 10.7. The average Bonchev–Trinajstić information content (AvgIpc) is 2.86. The number of benzene rings is 2. The predicted molar refractivity (Wildman–Crippen MR) is 128 cm³/mol. The van der Waals surface area contributed by atoms with Gasteiger partial charge in [-0.1, -0.05) is 12.1 Å². The Hall–Kier alpha value is -3.67. The summed E-state index contributed by atoms with van der Waals surface area (Å²) in [7, 11) is 3.00. The smallest absolute Gasteiger partial charge is 0.252 e. The van der Waals surface area contributed by atoms with E-state index in [1.807, 2.05) is 0 Å². The van der Waals surface area contributed by atoms with Crippen molar-refractivity contribution in [2.24, 2.45) is 5.73 Å². The number of hydrogen-bond acceptors (Lipinski definition) is 8. The summed E-state index contributed by atoms with van der Waals surface area (Å²) in [6.45, 7) is 0. The molecule has 3 rings (SSSR count). The Morgan fingerprint density at radius 3 is 2.08 bits per heavy atom. The summed E-state index contributed by atoms with van der Waals surface area (Å²) in [5.74, 6) is -1.18. The van der Waals surface area contributed by atoms with E-state index in [-0.39, 0.29) is 12.0 Å². The molecule has 2 aromatic rings. The molecule has 1 aliphatic carbocycles. The number of aliphatic hydroxyl groups is 3. The molecule has 1 saturated carbocycles. The Kier molecular flexibility index (Phi) is 8.51. The molecule has 1 aliphatic rings. The van der Waals surface area contributed by atoms with Crippen LogP contribution in [0.1, 0.15) is 28.8 Å². The van der Waals surface area contributed by atoms with Crippen molar-refractivity contribution >= 4 is 17.7 Å². The number of ether oxygens (including phenoxy) is 2. The molecule has 1 fully saturated rings. The summed E-state index contributed by atoms with van der Waals surface area (Å²) in [4.78, 5) is 37.7. The summed E-state index contributed by atoms with van der Waals surface area (Å²) in [5, 5.41) is 36.9. The van der Waals surface area contributed by atoms with Crippen LogP contribution in [0.3, 0.4) is 0 Å². The number of carbonyl (C=O) groups excluding carboxylic acids is 3. The number of primary amides is 1. The third-order valence-electron chi connectivity index (χ3n) is 6.25. The molecule has 0 aromatic heterocycles. The van der Waals surface area contributed by atoms with Crippen LogP contribution in [-0.2, 0) is 16.0 Å². The second kappa shape index (κ2) is 11.4. The summed E-state index contributed by atoms with van der Waals surface area (Å²) in [5.41, 5.74) is 4.24. The van der Waals surface area contributed by atoms with Crippen LogP contribution < -0.4 is 25.8 Å². The van der Waals surface area contributed by atoms with Gasteiger partial charge in [0.2, 0.25) is 5.91 Å². The van der Waals surface area contributed by atoms with Crippen molar-refractivity contribution in [3.05, 3.63) is 59.7 Å². The molecular weight excluding hydrogens is 470 g/mol. The number of hydrogen-bond donors (Lipinski definition) is 6. The van der Waals surface area contributed by atoms with Crippen molar-refractivity contribution in [3.63, 3.8) is 0 Å². The van der Waals surface area contributed by atoms with E-state index in [1.54, 1.807) is 36.4 Å². The van der Waals surface area contributed by atoms with Crippen LogP contribution in [0.5, 0.6) is 11.5 Å². The van der Waals surface area contributed by atoms with E-state index in [0.717, 1.165) is 0 Å². The van der Waals surface area contributed by atoms with Crippen LogP contribution in [0.15, 0.2) is 48.5 Å². The molecule has 0 unspecified atom stereocenters. The highest BCUT2D eigenvalue weighted by atomic mass is 16.5. The maximum absolute atomic E-state index is 13.0. The lowest BCUT2D eigenvalue weighted by Crippen LogP contribution is -2.64. The number of carbonyl (C=O) groups is 3. The SMILES string of the molecule is COc1ccc(C[C@H](NC(=O)[C@@]2(O)C[C@@H](O)[C@H](O)[C@@H](NC(=O)c3ccc(OC)cc3)C2)C(N)=O)cc1. The van der Waals surface area contributed by atoms with Crippen LogP contribution in [0.25, 0.3) is 0 Å². The number of methoxy groups -OCH3 is 2. The maximum Gasteiger partial charge on any atom is 0.252 e. The lowest BCUT2D eigenvalue weighted by atomic mass is 9.77. The molecule has 5 atom stereocenters. The molecule has 0 saturated heterocycles. The second-order valence-corrected chi connectivity index (χ2v) is 8.79. The van der Waals surface area contributed by atoms with E-state index in [0.29, 0.717) is 17.1 Å². The molecule has 0 aliphatic heterocycles. The molecule has 0 spiro atoms. The monoisotopic (exact) mass is 501 g/mol. The van der Waals surface area contributed by atoms with Crippen molar-refractivity contribution in [1.29, 1.82) is 0 Å². The van der Waals surface area contributed by atoms with Gasteiger partial charge >= 0.3 is 0 Å². The number of aliphatic hydroxyl groups excluding tert-OH is 2.